The van der Waals surface area contributed by atoms with E-state index in [1.54, 1.807) is 29.2 Å². The average Bonchev–Trinajstić information content (AvgIpc) is 2.83. The molecule has 0 aliphatic carbocycles. The Morgan fingerprint density at radius 3 is 2.76 bits per heavy atom. The molecule has 1 aliphatic heterocycles. The standard InChI is InChI=1S/C13H17ClN2O4S/c14-12-5-2-1-4-11(12)10-21(18,19)15-6-3-7-16-8-9-20-13(16)17/h1-2,4-5,15H,3,6-10H2. The fourth-order valence-electron chi connectivity index (χ4n) is 2.00. The zero-order chi connectivity index (χ0) is 15.3. The summed E-state index contributed by atoms with van der Waals surface area (Å²) in [6.07, 6.45) is 0.200. The molecule has 0 unspecified atom stereocenters. The van der Waals surface area contributed by atoms with Crippen LogP contribution in [0.15, 0.2) is 24.3 Å². The van der Waals surface area contributed by atoms with Crippen LogP contribution >= 0.6 is 11.6 Å². The number of carbonyl (C=O) groups is 1. The molecule has 8 heteroatoms. The number of nitrogens with zero attached hydrogens (tertiary/aromatic N) is 1. The van der Waals surface area contributed by atoms with E-state index in [2.05, 4.69) is 4.72 Å². The molecule has 1 aliphatic rings. The molecule has 0 atom stereocenters. The van der Waals surface area contributed by atoms with Crippen molar-refractivity contribution in [1.82, 2.24) is 9.62 Å². The second kappa shape index (κ2) is 7.11. The van der Waals surface area contributed by atoms with Gasteiger partial charge in [-0.05, 0) is 18.1 Å². The largest absolute Gasteiger partial charge is 0.448 e. The number of nitrogens with one attached hydrogen (secondary N) is 1. The summed E-state index contributed by atoms with van der Waals surface area (Å²) in [5.74, 6) is -0.154. The van der Waals surface area contributed by atoms with Gasteiger partial charge in [-0.2, -0.15) is 0 Å². The summed E-state index contributed by atoms with van der Waals surface area (Å²) in [6.45, 7) is 1.71. The fourth-order valence-corrected chi connectivity index (χ4v) is 3.50. The molecule has 1 saturated heterocycles. The second-order valence-corrected chi connectivity index (χ2v) is 6.91. The molecule has 1 heterocycles. The van der Waals surface area contributed by atoms with E-state index in [1.165, 1.54) is 0 Å². The van der Waals surface area contributed by atoms with E-state index in [-0.39, 0.29) is 18.4 Å². The van der Waals surface area contributed by atoms with Gasteiger partial charge in [0.25, 0.3) is 0 Å². The van der Waals surface area contributed by atoms with E-state index in [0.717, 1.165) is 0 Å². The van der Waals surface area contributed by atoms with Crippen molar-refractivity contribution in [2.75, 3.05) is 26.2 Å². The van der Waals surface area contributed by atoms with Crippen molar-refractivity contribution >= 4 is 27.7 Å². The van der Waals surface area contributed by atoms with E-state index in [0.29, 0.717) is 36.7 Å². The third kappa shape index (κ3) is 4.87. The van der Waals surface area contributed by atoms with Crippen molar-refractivity contribution < 1.29 is 17.9 Å². The zero-order valence-corrected chi connectivity index (χ0v) is 13.0. The molecule has 1 aromatic rings. The lowest BCUT2D eigenvalue weighted by atomic mass is 10.2. The van der Waals surface area contributed by atoms with Gasteiger partial charge in [0.05, 0.1) is 12.3 Å². The van der Waals surface area contributed by atoms with Crippen LogP contribution in [0.1, 0.15) is 12.0 Å². The maximum Gasteiger partial charge on any atom is 0.409 e. The quantitative estimate of drug-likeness (QED) is 0.770. The minimum absolute atomic E-state index is 0.154. The number of hydrogen-bond donors (Lipinski definition) is 1. The molecule has 1 aromatic carbocycles. The number of sulfonamides is 1. The minimum Gasteiger partial charge on any atom is -0.448 e. The van der Waals surface area contributed by atoms with Gasteiger partial charge in [-0.3, -0.25) is 0 Å². The minimum atomic E-state index is -3.44. The Balaban J connectivity index is 1.76. The third-order valence-electron chi connectivity index (χ3n) is 3.08. The Labute approximate surface area is 129 Å². The van der Waals surface area contributed by atoms with Gasteiger partial charge in [-0.1, -0.05) is 29.8 Å². The van der Waals surface area contributed by atoms with Crippen LogP contribution in [-0.2, 0) is 20.5 Å². The number of halogens is 1. The maximum atomic E-state index is 11.9. The Morgan fingerprint density at radius 1 is 1.33 bits per heavy atom. The number of ether oxygens (including phenoxy) is 1. The SMILES string of the molecule is O=C1OCCN1CCCNS(=O)(=O)Cc1ccccc1Cl. The molecule has 0 saturated carbocycles. The average molecular weight is 333 g/mol. The molecule has 0 radical (unpaired) electrons. The molecule has 1 fully saturated rings. The lowest BCUT2D eigenvalue weighted by molar-refractivity contribution is 0.158. The predicted molar refractivity (Wildman–Crippen MR) is 79.6 cm³/mol. The Morgan fingerprint density at radius 2 is 2.10 bits per heavy atom. The zero-order valence-electron chi connectivity index (χ0n) is 11.4. The number of rotatable bonds is 7. The number of amides is 1. The van der Waals surface area contributed by atoms with Crippen molar-refractivity contribution in [3.63, 3.8) is 0 Å². The smallest absolute Gasteiger partial charge is 0.409 e. The first-order chi connectivity index (χ1) is 9.98. The van der Waals surface area contributed by atoms with Crippen LogP contribution in [0.3, 0.4) is 0 Å². The Bertz CT molecular complexity index is 606. The van der Waals surface area contributed by atoms with Gasteiger partial charge >= 0.3 is 6.09 Å². The summed E-state index contributed by atoms with van der Waals surface area (Å²) in [5, 5.41) is 0.433. The number of hydrogen-bond acceptors (Lipinski definition) is 4. The summed E-state index contributed by atoms with van der Waals surface area (Å²) >= 11 is 5.94. The molecule has 1 amide bonds. The van der Waals surface area contributed by atoms with Gasteiger partial charge in [-0.25, -0.2) is 17.9 Å². The maximum absolute atomic E-state index is 11.9. The van der Waals surface area contributed by atoms with E-state index >= 15 is 0 Å². The van der Waals surface area contributed by atoms with Gasteiger partial charge in [-0.15, -0.1) is 0 Å². The van der Waals surface area contributed by atoms with Gasteiger partial charge in [0.2, 0.25) is 10.0 Å². The molecule has 0 bridgehead atoms. The third-order valence-corrected chi connectivity index (χ3v) is 4.78. The lowest BCUT2D eigenvalue weighted by Crippen LogP contribution is -2.31. The van der Waals surface area contributed by atoms with Gasteiger partial charge < -0.3 is 9.64 Å². The Kier molecular flexibility index (Phi) is 5.44. The summed E-state index contributed by atoms with van der Waals surface area (Å²) in [4.78, 5) is 12.8. The van der Waals surface area contributed by atoms with Crippen molar-refractivity contribution in [2.45, 2.75) is 12.2 Å². The molecular weight excluding hydrogens is 316 g/mol. The van der Waals surface area contributed by atoms with E-state index in [4.69, 9.17) is 16.3 Å². The van der Waals surface area contributed by atoms with Crippen molar-refractivity contribution in [3.05, 3.63) is 34.9 Å². The fraction of sp³-hybridized carbons (Fsp3) is 0.462. The van der Waals surface area contributed by atoms with Crippen molar-refractivity contribution in [3.8, 4) is 0 Å². The summed E-state index contributed by atoms with van der Waals surface area (Å²) in [6, 6.07) is 6.84. The molecule has 2 rings (SSSR count). The predicted octanol–water partition coefficient (Wildman–Crippen LogP) is 1.60. The highest BCUT2D eigenvalue weighted by atomic mass is 35.5. The van der Waals surface area contributed by atoms with Crippen LogP contribution in [0.2, 0.25) is 5.02 Å². The summed E-state index contributed by atoms with van der Waals surface area (Å²) in [5.41, 5.74) is 0.565. The molecule has 6 nitrogen and oxygen atoms in total. The van der Waals surface area contributed by atoms with Crippen LogP contribution in [0, 0.1) is 0 Å². The van der Waals surface area contributed by atoms with Crippen molar-refractivity contribution in [1.29, 1.82) is 0 Å². The summed E-state index contributed by atoms with van der Waals surface area (Å²) in [7, 11) is -3.44. The first-order valence-electron chi connectivity index (χ1n) is 6.60. The van der Waals surface area contributed by atoms with Gasteiger partial charge in [0.15, 0.2) is 0 Å². The molecule has 0 aromatic heterocycles. The molecule has 1 N–H and O–H groups in total. The molecule has 116 valence electrons. The topological polar surface area (TPSA) is 75.7 Å². The number of cyclic esters (lactones) is 1. The van der Waals surface area contributed by atoms with Crippen LogP contribution < -0.4 is 4.72 Å². The molecule has 0 spiro atoms. The van der Waals surface area contributed by atoms with Crippen LogP contribution in [0.25, 0.3) is 0 Å². The monoisotopic (exact) mass is 332 g/mol. The van der Waals surface area contributed by atoms with E-state index in [9.17, 15) is 13.2 Å². The molecular formula is C13H17ClN2O4S. The van der Waals surface area contributed by atoms with E-state index < -0.39 is 10.0 Å². The highest BCUT2D eigenvalue weighted by Crippen LogP contribution is 2.17. The second-order valence-electron chi connectivity index (χ2n) is 4.70. The van der Waals surface area contributed by atoms with Crippen LogP contribution in [0.4, 0.5) is 4.79 Å². The van der Waals surface area contributed by atoms with E-state index in [1.807, 2.05) is 0 Å². The summed E-state index contributed by atoms with van der Waals surface area (Å²) < 4.78 is 31.2. The lowest BCUT2D eigenvalue weighted by Gasteiger charge is -2.12. The van der Waals surface area contributed by atoms with Crippen LogP contribution in [-0.4, -0.2) is 45.7 Å². The highest BCUT2D eigenvalue weighted by Gasteiger charge is 2.21. The normalized spacial score (nSPS) is 15.3. The van der Waals surface area contributed by atoms with Crippen molar-refractivity contribution in [2.24, 2.45) is 0 Å². The van der Waals surface area contributed by atoms with Gasteiger partial charge in [0.1, 0.15) is 6.61 Å². The molecule has 21 heavy (non-hydrogen) atoms. The van der Waals surface area contributed by atoms with Gasteiger partial charge in [0, 0.05) is 18.1 Å². The highest BCUT2D eigenvalue weighted by molar-refractivity contribution is 7.88. The first kappa shape index (κ1) is 16.1. The number of carbonyl (C=O) groups excluding carboxylic acids is 1. The Hall–Kier alpha value is -1.31. The number of benzene rings is 1. The van der Waals surface area contributed by atoms with Crippen LogP contribution in [0.5, 0.6) is 0 Å². The first-order valence-corrected chi connectivity index (χ1v) is 8.63.